The lowest BCUT2D eigenvalue weighted by Gasteiger charge is -2.25. The van der Waals surface area contributed by atoms with Gasteiger partial charge in [0, 0.05) is 12.3 Å². The minimum absolute atomic E-state index is 0.0186. The molecule has 0 saturated carbocycles. The van der Waals surface area contributed by atoms with Crippen LogP contribution >= 0.6 is 11.9 Å². The number of hydrogen-bond acceptors (Lipinski definition) is 2. The number of carbonyl (C=O) groups is 1. The van der Waals surface area contributed by atoms with Crippen LogP contribution in [-0.2, 0) is 6.54 Å². The monoisotopic (exact) mass is 208 g/mol. The molecule has 3 nitrogen and oxygen atoms in total. The van der Waals surface area contributed by atoms with Gasteiger partial charge in [0.15, 0.2) is 0 Å². The minimum Gasteiger partial charge on any atom is -0.336 e. The fraction of sp³-hybridized carbons (Fsp3) is 0.300. The van der Waals surface area contributed by atoms with E-state index < -0.39 is 0 Å². The highest BCUT2D eigenvalue weighted by Gasteiger charge is 2.17. The Kier molecular flexibility index (Phi) is 2.93. The first-order valence-electron chi connectivity index (χ1n) is 4.58. The molecule has 1 aliphatic rings. The zero-order valence-corrected chi connectivity index (χ0v) is 8.59. The van der Waals surface area contributed by atoms with Gasteiger partial charge in [-0.15, -0.1) is 0 Å². The molecule has 1 fully saturated rings. The average Bonchev–Trinajstić information content (AvgIpc) is 2.23. The Morgan fingerprint density at radius 2 is 2.14 bits per heavy atom. The van der Waals surface area contributed by atoms with E-state index in [0.29, 0.717) is 6.54 Å². The van der Waals surface area contributed by atoms with Crippen LogP contribution in [0.15, 0.2) is 30.3 Å². The van der Waals surface area contributed by atoms with Gasteiger partial charge in [0.1, 0.15) is 0 Å². The fourth-order valence-electron chi connectivity index (χ4n) is 1.33. The van der Waals surface area contributed by atoms with Crippen LogP contribution in [0.4, 0.5) is 4.79 Å². The molecule has 0 radical (unpaired) electrons. The summed E-state index contributed by atoms with van der Waals surface area (Å²) in [5, 5.41) is 2.82. The van der Waals surface area contributed by atoms with Gasteiger partial charge in [0.2, 0.25) is 0 Å². The van der Waals surface area contributed by atoms with E-state index in [9.17, 15) is 4.79 Å². The third-order valence-electron chi connectivity index (χ3n) is 2.02. The van der Waals surface area contributed by atoms with Crippen molar-refractivity contribution in [3.05, 3.63) is 35.9 Å². The lowest BCUT2D eigenvalue weighted by molar-refractivity contribution is 0.224. The summed E-state index contributed by atoms with van der Waals surface area (Å²) in [6, 6.07) is 10.0. The molecule has 74 valence electrons. The minimum atomic E-state index is 0.0186. The molecule has 0 spiro atoms. The van der Waals surface area contributed by atoms with Crippen molar-refractivity contribution in [2.24, 2.45) is 0 Å². The van der Waals surface area contributed by atoms with E-state index in [1.807, 2.05) is 30.3 Å². The van der Waals surface area contributed by atoms with Crippen LogP contribution in [0.5, 0.6) is 0 Å². The second-order valence-corrected chi connectivity index (χ2v) is 4.19. The lowest BCUT2D eigenvalue weighted by atomic mass is 10.2. The highest BCUT2D eigenvalue weighted by molar-refractivity contribution is 7.97. The molecule has 1 saturated heterocycles. The Labute approximate surface area is 87.6 Å². The molecule has 1 aromatic carbocycles. The molecule has 4 heteroatoms. The molecule has 0 atom stereocenters. The van der Waals surface area contributed by atoms with Crippen molar-refractivity contribution in [2.45, 2.75) is 6.54 Å². The van der Waals surface area contributed by atoms with Gasteiger partial charge in [-0.25, -0.2) is 4.79 Å². The number of benzene rings is 1. The molecule has 0 unspecified atom stereocenters. The Morgan fingerprint density at radius 3 is 2.86 bits per heavy atom. The highest BCUT2D eigenvalue weighted by atomic mass is 32.2. The SMILES string of the molecule is O=C1NCCSN1Cc1ccccc1. The number of urea groups is 1. The van der Waals surface area contributed by atoms with Gasteiger partial charge < -0.3 is 5.32 Å². The van der Waals surface area contributed by atoms with Crippen LogP contribution in [-0.4, -0.2) is 22.6 Å². The Morgan fingerprint density at radius 1 is 1.36 bits per heavy atom. The summed E-state index contributed by atoms with van der Waals surface area (Å²) in [6.45, 7) is 1.45. The van der Waals surface area contributed by atoms with Crippen molar-refractivity contribution in [3.8, 4) is 0 Å². The summed E-state index contributed by atoms with van der Waals surface area (Å²) in [7, 11) is 0. The van der Waals surface area contributed by atoms with Crippen LogP contribution in [0.25, 0.3) is 0 Å². The number of carbonyl (C=O) groups excluding carboxylic acids is 1. The summed E-state index contributed by atoms with van der Waals surface area (Å²) in [5.41, 5.74) is 1.16. The first-order valence-corrected chi connectivity index (χ1v) is 5.53. The largest absolute Gasteiger partial charge is 0.336 e. The molecule has 2 amide bonds. The van der Waals surface area contributed by atoms with Crippen molar-refractivity contribution >= 4 is 18.0 Å². The highest BCUT2D eigenvalue weighted by Crippen LogP contribution is 2.17. The molecular formula is C10H12N2OS. The number of rotatable bonds is 2. The third-order valence-corrected chi connectivity index (χ3v) is 3.01. The standard InChI is InChI=1S/C10H12N2OS/c13-10-11-6-7-14-12(10)8-9-4-2-1-3-5-9/h1-5H,6-8H2,(H,11,13). The van der Waals surface area contributed by atoms with Crippen LogP contribution in [0.2, 0.25) is 0 Å². The predicted octanol–water partition coefficient (Wildman–Crippen LogP) is 1.86. The summed E-state index contributed by atoms with van der Waals surface area (Å²) in [6.07, 6.45) is 0. The van der Waals surface area contributed by atoms with Gasteiger partial charge in [-0.05, 0) is 17.5 Å². The second kappa shape index (κ2) is 4.37. The maximum atomic E-state index is 11.4. The first kappa shape index (κ1) is 9.40. The van der Waals surface area contributed by atoms with Crippen LogP contribution in [0, 0.1) is 0 Å². The normalized spacial score (nSPS) is 16.6. The second-order valence-electron chi connectivity index (χ2n) is 3.09. The average molecular weight is 208 g/mol. The number of nitrogens with zero attached hydrogens (tertiary/aromatic N) is 1. The summed E-state index contributed by atoms with van der Waals surface area (Å²) < 4.78 is 1.76. The summed E-state index contributed by atoms with van der Waals surface area (Å²) in [4.78, 5) is 11.4. The molecule has 0 bridgehead atoms. The molecule has 14 heavy (non-hydrogen) atoms. The van der Waals surface area contributed by atoms with E-state index >= 15 is 0 Å². The topological polar surface area (TPSA) is 32.3 Å². The van der Waals surface area contributed by atoms with Crippen molar-refractivity contribution in [1.29, 1.82) is 0 Å². The first-order chi connectivity index (χ1) is 6.86. The quantitative estimate of drug-likeness (QED) is 0.752. The van der Waals surface area contributed by atoms with E-state index in [1.54, 1.807) is 16.3 Å². The van der Waals surface area contributed by atoms with Crippen LogP contribution in [0.1, 0.15) is 5.56 Å². The van der Waals surface area contributed by atoms with Gasteiger partial charge in [-0.1, -0.05) is 30.3 Å². The van der Waals surface area contributed by atoms with Crippen molar-refractivity contribution in [1.82, 2.24) is 9.62 Å². The number of nitrogens with one attached hydrogen (secondary N) is 1. The maximum absolute atomic E-state index is 11.4. The molecular weight excluding hydrogens is 196 g/mol. The van der Waals surface area contributed by atoms with Crippen LogP contribution in [0.3, 0.4) is 0 Å². The zero-order valence-electron chi connectivity index (χ0n) is 7.77. The maximum Gasteiger partial charge on any atom is 0.327 e. The van der Waals surface area contributed by atoms with Crippen molar-refractivity contribution in [2.75, 3.05) is 12.3 Å². The fourth-order valence-corrected chi connectivity index (χ4v) is 2.16. The summed E-state index contributed by atoms with van der Waals surface area (Å²) >= 11 is 1.59. The molecule has 1 aliphatic heterocycles. The molecule has 1 N–H and O–H groups in total. The van der Waals surface area contributed by atoms with Crippen LogP contribution < -0.4 is 5.32 Å². The van der Waals surface area contributed by atoms with Gasteiger partial charge in [0.25, 0.3) is 0 Å². The zero-order chi connectivity index (χ0) is 9.80. The molecule has 0 aliphatic carbocycles. The summed E-state index contributed by atoms with van der Waals surface area (Å²) in [5.74, 6) is 0.957. The van der Waals surface area contributed by atoms with Crippen molar-refractivity contribution in [3.63, 3.8) is 0 Å². The predicted molar refractivity (Wildman–Crippen MR) is 57.8 cm³/mol. The van der Waals surface area contributed by atoms with Gasteiger partial charge >= 0.3 is 6.03 Å². The smallest absolute Gasteiger partial charge is 0.327 e. The molecule has 2 rings (SSSR count). The van der Waals surface area contributed by atoms with Gasteiger partial charge in [-0.3, -0.25) is 4.31 Å². The van der Waals surface area contributed by atoms with E-state index in [0.717, 1.165) is 17.9 Å². The Hall–Kier alpha value is -1.16. The van der Waals surface area contributed by atoms with E-state index in [2.05, 4.69) is 5.32 Å². The third kappa shape index (κ3) is 2.20. The van der Waals surface area contributed by atoms with E-state index in [4.69, 9.17) is 0 Å². The molecule has 1 aromatic rings. The van der Waals surface area contributed by atoms with Crippen molar-refractivity contribution < 1.29 is 4.79 Å². The van der Waals surface area contributed by atoms with Gasteiger partial charge in [-0.2, -0.15) is 0 Å². The Bertz CT molecular complexity index is 315. The Balaban J connectivity index is 2.00. The number of hydrogen-bond donors (Lipinski definition) is 1. The van der Waals surface area contributed by atoms with Gasteiger partial charge in [0.05, 0.1) is 6.54 Å². The van der Waals surface area contributed by atoms with E-state index in [1.165, 1.54) is 0 Å². The van der Waals surface area contributed by atoms with E-state index in [-0.39, 0.29) is 6.03 Å². The lowest BCUT2D eigenvalue weighted by Crippen LogP contribution is -2.41. The molecule has 0 aromatic heterocycles. The molecule has 1 heterocycles. The number of amides is 2.